The maximum absolute atomic E-state index is 13.7. The fourth-order valence-corrected chi connectivity index (χ4v) is 1.61. The number of nitrogens with zero attached hydrogens (tertiary/aromatic N) is 3. The van der Waals surface area contributed by atoms with Crippen LogP contribution in [0.25, 0.3) is 22.6 Å². The number of anilines is 1. The maximum Gasteiger partial charge on any atom is 0.181 e. The molecular formula is C11H8FN5. The summed E-state index contributed by atoms with van der Waals surface area (Å²) in [7, 11) is 0. The lowest BCUT2D eigenvalue weighted by atomic mass is 10.2. The van der Waals surface area contributed by atoms with E-state index in [-0.39, 0.29) is 0 Å². The van der Waals surface area contributed by atoms with Crippen molar-refractivity contribution in [1.82, 2.24) is 19.9 Å². The van der Waals surface area contributed by atoms with Crippen molar-refractivity contribution in [2.24, 2.45) is 0 Å². The summed E-state index contributed by atoms with van der Waals surface area (Å²) in [6.07, 6.45) is 2.99. The molecule has 2 aromatic heterocycles. The maximum atomic E-state index is 13.7. The Morgan fingerprint density at radius 1 is 1.29 bits per heavy atom. The normalized spacial score (nSPS) is 10.9. The van der Waals surface area contributed by atoms with E-state index in [1.807, 2.05) is 0 Å². The first-order valence-electron chi connectivity index (χ1n) is 4.95. The topological polar surface area (TPSA) is 80.5 Å². The third-order valence-corrected chi connectivity index (χ3v) is 2.41. The van der Waals surface area contributed by atoms with Crippen LogP contribution < -0.4 is 5.73 Å². The largest absolute Gasteiger partial charge is 0.399 e. The molecule has 17 heavy (non-hydrogen) atoms. The molecule has 3 rings (SSSR count). The van der Waals surface area contributed by atoms with Gasteiger partial charge in [-0.25, -0.2) is 19.3 Å². The van der Waals surface area contributed by atoms with Crippen molar-refractivity contribution in [3.63, 3.8) is 0 Å². The van der Waals surface area contributed by atoms with Crippen molar-refractivity contribution in [2.75, 3.05) is 5.73 Å². The van der Waals surface area contributed by atoms with Gasteiger partial charge in [0.2, 0.25) is 0 Å². The second kappa shape index (κ2) is 3.51. The predicted octanol–water partition coefficient (Wildman–Crippen LogP) is 1.74. The lowest BCUT2D eigenvalue weighted by Gasteiger charge is -1.99. The van der Waals surface area contributed by atoms with Crippen molar-refractivity contribution < 1.29 is 4.39 Å². The lowest BCUT2D eigenvalue weighted by Crippen LogP contribution is -1.90. The highest BCUT2D eigenvalue weighted by atomic mass is 19.1. The van der Waals surface area contributed by atoms with E-state index in [9.17, 15) is 4.39 Å². The number of hydrogen-bond acceptors (Lipinski definition) is 4. The highest BCUT2D eigenvalue weighted by Crippen LogP contribution is 2.23. The second-order valence-corrected chi connectivity index (χ2v) is 3.58. The molecule has 0 saturated carbocycles. The zero-order chi connectivity index (χ0) is 11.8. The van der Waals surface area contributed by atoms with Crippen LogP contribution in [0.3, 0.4) is 0 Å². The smallest absolute Gasteiger partial charge is 0.181 e. The molecule has 0 bridgehead atoms. The van der Waals surface area contributed by atoms with Gasteiger partial charge in [0.05, 0.1) is 11.8 Å². The van der Waals surface area contributed by atoms with Gasteiger partial charge in [0.25, 0.3) is 0 Å². The average molecular weight is 229 g/mol. The molecule has 84 valence electrons. The minimum atomic E-state index is -0.419. The molecule has 0 atom stereocenters. The van der Waals surface area contributed by atoms with Gasteiger partial charge in [0.1, 0.15) is 23.5 Å². The minimum Gasteiger partial charge on any atom is -0.399 e. The summed E-state index contributed by atoms with van der Waals surface area (Å²) in [5.41, 5.74) is 7.39. The summed E-state index contributed by atoms with van der Waals surface area (Å²) in [4.78, 5) is 15.0. The number of nitrogens with one attached hydrogen (secondary N) is 1. The monoisotopic (exact) mass is 229 g/mol. The van der Waals surface area contributed by atoms with Crippen molar-refractivity contribution in [3.8, 4) is 11.4 Å². The number of hydrogen-bond donors (Lipinski definition) is 2. The van der Waals surface area contributed by atoms with E-state index in [1.165, 1.54) is 12.4 Å². The van der Waals surface area contributed by atoms with E-state index >= 15 is 0 Å². The molecule has 0 aliphatic heterocycles. The number of fused-ring (bicyclic) bond motifs is 1. The summed E-state index contributed by atoms with van der Waals surface area (Å²) in [5, 5.41) is 0. The Bertz CT molecular complexity index is 658. The molecule has 1 aromatic carbocycles. The van der Waals surface area contributed by atoms with Gasteiger partial charge in [-0.2, -0.15) is 0 Å². The Kier molecular flexibility index (Phi) is 2.01. The van der Waals surface area contributed by atoms with E-state index in [0.717, 1.165) is 0 Å². The Morgan fingerprint density at radius 2 is 2.18 bits per heavy atom. The molecule has 0 radical (unpaired) electrons. The molecule has 0 unspecified atom stereocenters. The molecule has 5 nitrogen and oxygen atoms in total. The van der Waals surface area contributed by atoms with E-state index in [2.05, 4.69) is 19.9 Å². The lowest BCUT2D eigenvalue weighted by molar-refractivity contribution is 0.631. The zero-order valence-electron chi connectivity index (χ0n) is 8.68. The molecule has 0 fully saturated rings. The molecule has 2 heterocycles. The third-order valence-electron chi connectivity index (χ3n) is 2.41. The third kappa shape index (κ3) is 1.59. The fourth-order valence-electron chi connectivity index (χ4n) is 1.61. The number of aromatic amines is 1. The van der Waals surface area contributed by atoms with Gasteiger partial charge in [0.15, 0.2) is 5.65 Å². The number of nitrogens with two attached hydrogens (primary N) is 1. The summed E-state index contributed by atoms with van der Waals surface area (Å²) < 4.78 is 13.7. The first-order chi connectivity index (χ1) is 8.24. The molecule has 0 aliphatic carbocycles. The highest BCUT2D eigenvalue weighted by Gasteiger charge is 2.10. The van der Waals surface area contributed by atoms with Gasteiger partial charge in [-0.1, -0.05) is 0 Å². The van der Waals surface area contributed by atoms with Crippen molar-refractivity contribution >= 4 is 16.9 Å². The first kappa shape index (κ1) is 9.71. The van der Waals surface area contributed by atoms with Gasteiger partial charge in [0, 0.05) is 5.69 Å². The van der Waals surface area contributed by atoms with E-state index in [0.29, 0.717) is 28.2 Å². The standard InChI is InChI=1S/C11H8FN5/c12-8-3-6(13)1-2-7(8)10-16-9-4-14-5-15-11(9)17-10/h1-5H,13H2,(H,14,15,16,17). The SMILES string of the molecule is Nc1ccc(-c2nc3ncncc3[nH]2)c(F)c1. The minimum absolute atomic E-state index is 0.359. The first-order valence-corrected chi connectivity index (χ1v) is 4.95. The molecule has 6 heteroatoms. The van der Waals surface area contributed by atoms with Crippen LogP contribution in [0.2, 0.25) is 0 Å². The molecule has 0 saturated heterocycles. The van der Waals surface area contributed by atoms with E-state index in [1.54, 1.807) is 18.3 Å². The Labute approximate surface area is 95.5 Å². The summed E-state index contributed by atoms with van der Waals surface area (Å²) in [6.45, 7) is 0. The van der Waals surface area contributed by atoms with Gasteiger partial charge >= 0.3 is 0 Å². The number of nitrogen functional groups attached to an aromatic ring is 1. The van der Waals surface area contributed by atoms with Crippen LogP contribution in [0, 0.1) is 5.82 Å². The van der Waals surface area contributed by atoms with Crippen LogP contribution in [0.15, 0.2) is 30.7 Å². The number of rotatable bonds is 1. The number of imidazole rings is 1. The molecule has 3 aromatic rings. The van der Waals surface area contributed by atoms with Crippen LogP contribution in [0.1, 0.15) is 0 Å². The Morgan fingerprint density at radius 3 is 2.94 bits per heavy atom. The summed E-state index contributed by atoms with van der Waals surface area (Å²) >= 11 is 0. The van der Waals surface area contributed by atoms with Crippen LogP contribution in [-0.4, -0.2) is 19.9 Å². The average Bonchev–Trinajstić information content (AvgIpc) is 2.72. The van der Waals surface area contributed by atoms with Gasteiger partial charge < -0.3 is 10.7 Å². The predicted molar refractivity (Wildman–Crippen MR) is 61.5 cm³/mol. The van der Waals surface area contributed by atoms with Crippen molar-refractivity contribution in [1.29, 1.82) is 0 Å². The quantitative estimate of drug-likeness (QED) is 0.623. The number of H-pyrrole nitrogens is 1. The van der Waals surface area contributed by atoms with Crippen LogP contribution >= 0.6 is 0 Å². The van der Waals surface area contributed by atoms with Crippen molar-refractivity contribution in [3.05, 3.63) is 36.5 Å². The summed E-state index contributed by atoms with van der Waals surface area (Å²) in [6, 6.07) is 4.46. The van der Waals surface area contributed by atoms with Gasteiger partial charge in [-0.05, 0) is 18.2 Å². The number of benzene rings is 1. The number of aromatic nitrogens is 4. The van der Waals surface area contributed by atoms with Gasteiger partial charge in [-0.15, -0.1) is 0 Å². The molecule has 0 spiro atoms. The second-order valence-electron chi connectivity index (χ2n) is 3.58. The summed E-state index contributed by atoms with van der Waals surface area (Å²) in [5.74, 6) is -0.00462. The van der Waals surface area contributed by atoms with Crippen LogP contribution in [-0.2, 0) is 0 Å². The van der Waals surface area contributed by atoms with Crippen molar-refractivity contribution in [2.45, 2.75) is 0 Å². The van der Waals surface area contributed by atoms with E-state index < -0.39 is 5.82 Å². The Balaban J connectivity index is 2.20. The Hall–Kier alpha value is -2.50. The fraction of sp³-hybridized carbons (Fsp3) is 0. The highest BCUT2D eigenvalue weighted by molar-refractivity contribution is 5.75. The molecular weight excluding hydrogens is 221 g/mol. The molecule has 0 aliphatic rings. The van der Waals surface area contributed by atoms with Crippen LogP contribution in [0.4, 0.5) is 10.1 Å². The number of halogens is 1. The molecule has 0 amide bonds. The van der Waals surface area contributed by atoms with Crippen LogP contribution in [0.5, 0.6) is 0 Å². The van der Waals surface area contributed by atoms with Gasteiger partial charge in [-0.3, -0.25) is 0 Å². The molecule has 3 N–H and O–H groups in total. The van der Waals surface area contributed by atoms with E-state index in [4.69, 9.17) is 5.73 Å². The zero-order valence-corrected chi connectivity index (χ0v) is 8.68.